The van der Waals surface area contributed by atoms with Gasteiger partial charge in [0.2, 0.25) is 0 Å². The van der Waals surface area contributed by atoms with Crippen LogP contribution in [0.15, 0.2) is 54.0 Å². The first-order chi connectivity index (χ1) is 13.8. The monoisotopic (exact) mass is 428 g/mol. The smallest absolute Gasteiger partial charge is 0.271 e. The summed E-state index contributed by atoms with van der Waals surface area (Å²) in [4.78, 5) is 25.0. The van der Waals surface area contributed by atoms with E-state index in [1.807, 2.05) is 0 Å². The Labute approximate surface area is 176 Å². The van der Waals surface area contributed by atoms with E-state index in [0.29, 0.717) is 28.1 Å². The molecule has 1 amide bonds. The van der Waals surface area contributed by atoms with E-state index in [0.717, 1.165) is 11.8 Å². The highest BCUT2D eigenvalue weighted by molar-refractivity contribution is 8.27. The molecule has 1 heterocycles. The summed E-state index contributed by atoms with van der Waals surface area (Å²) in [5.74, 6) is -0.0729. The van der Waals surface area contributed by atoms with E-state index < -0.39 is 4.92 Å². The number of methoxy groups -OCH3 is 1. The summed E-state index contributed by atoms with van der Waals surface area (Å²) in [5.41, 5.74) is 1.47. The van der Waals surface area contributed by atoms with Gasteiger partial charge in [-0.2, -0.15) is 0 Å². The van der Waals surface area contributed by atoms with E-state index in [4.69, 9.17) is 17.0 Å². The lowest BCUT2D eigenvalue weighted by Gasteiger charge is -2.14. The molecule has 1 aliphatic heterocycles. The SMILES string of the molecule is C=CCc1cc(/C=C2/SC(=S)N(c3cccc([N+](=O)[O-])c3)C2=O)cc(OC)c1O. The predicted molar refractivity (Wildman–Crippen MR) is 117 cm³/mol. The Morgan fingerprint density at radius 2 is 2.14 bits per heavy atom. The van der Waals surface area contributed by atoms with E-state index in [-0.39, 0.29) is 27.4 Å². The van der Waals surface area contributed by atoms with Gasteiger partial charge in [0.25, 0.3) is 11.6 Å². The minimum Gasteiger partial charge on any atom is -0.504 e. The number of nitro benzene ring substituents is 1. The van der Waals surface area contributed by atoms with E-state index in [1.54, 1.807) is 30.4 Å². The number of hydrogen-bond donors (Lipinski definition) is 1. The number of allylic oxidation sites excluding steroid dienone is 1. The maximum absolute atomic E-state index is 12.9. The van der Waals surface area contributed by atoms with E-state index in [1.165, 1.54) is 30.2 Å². The standard InChI is InChI=1S/C20H16N2O5S2/c1-3-5-13-8-12(9-16(27-2)18(13)23)10-17-19(24)21(20(28)29-17)14-6-4-7-15(11-14)22(25)26/h3-4,6-11,23H,1,5H2,2H3/b17-10+. The molecule has 3 rings (SSSR count). The molecule has 0 spiro atoms. The number of ether oxygens (including phenoxy) is 1. The van der Waals surface area contributed by atoms with Crippen molar-refractivity contribution in [2.75, 3.05) is 12.0 Å². The molecule has 1 saturated heterocycles. The van der Waals surface area contributed by atoms with Crippen LogP contribution >= 0.6 is 24.0 Å². The van der Waals surface area contributed by atoms with Crippen molar-refractivity contribution >= 4 is 51.7 Å². The molecule has 0 radical (unpaired) electrons. The molecular weight excluding hydrogens is 412 g/mol. The van der Waals surface area contributed by atoms with Crippen LogP contribution in [0, 0.1) is 10.1 Å². The van der Waals surface area contributed by atoms with Crippen molar-refractivity contribution in [2.45, 2.75) is 6.42 Å². The first-order valence-electron chi connectivity index (χ1n) is 8.39. The van der Waals surface area contributed by atoms with Crippen molar-refractivity contribution in [2.24, 2.45) is 0 Å². The van der Waals surface area contributed by atoms with Gasteiger partial charge in [0, 0.05) is 17.7 Å². The molecule has 9 heteroatoms. The summed E-state index contributed by atoms with van der Waals surface area (Å²) in [6.45, 7) is 3.67. The molecule has 0 atom stereocenters. The van der Waals surface area contributed by atoms with Crippen LogP contribution in [0.2, 0.25) is 0 Å². The van der Waals surface area contributed by atoms with Gasteiger partial charge in [-0.1, -0.05) is 36.1 Å². The van der Waals surface area contributed by atoms with Crippen LogP contribution in [0.3, 0.4) is 0 Å². The number of benzene rings is 2. The molecule has 1 aliphatic rings. The minimum absolute atomic E-state index is 0.0219. The van der Waals surface area contributed by atoms with Crippen molar-refractivity contribution in [1.29, 1.82) is 0 Å². The zero-order chi connectivity index (χ0) is 21.1. The van der Waals surface area contributed by atoms with Crippen molar-refractivity contribution < 1.29 is 19.6 Å². The number of carbonyl (C=O) groups excluding carboxylic acids is 1. The average Bonchev–Trinajstić information content (AvgIpc) is 2.97. The molecule has 2 aromatic rings. The third kappa shape index (κ3) is 4.15. The summed E-state index contributed by atoms with van der Waals surface area (Å²) >= 11 is 6.42. The number of amides is 1. The van der Waals surface area contributed by atoms with Crippen molar-refractivity contribution in [1.82, 2.24) is 0 Å². The Bertz CT molecular complexity index is 1060. The fourth-order valence-corrected chi connectivity index (χ4v) is 4.13. The normalized spacial score (nSPS) is 15.1. The molecule has 7 nitrogen and oxygen atoms in total. The lowest BCUT2D eigenvalue weighted by atomic mass is 10.1. The molecule has 148 valence electrons. The number of non-ortho nitro benzene ring substituents is 1. The molecule has 0 unspecified atom stereocenters. The van der Waals surface area contributed by atoms with Gasteiger partial charge >= 0.3 is 0 Å². The Morgan fingerprint density at radius 1 is 1.38 bits per heavy atom. The number of phenols is 1. The summed E-state index contributed by atoms with van der Waals surface area (Å²) in [6.07, 6.45) is 3.73. The van der Waals surface area contributed by atoms with Crippen LogP contribution in [0.5, 0.6) is 11.5 Å². The van der Waals surface area contributed by atoms with Crippen LogP contribution in [-0.2, 0) is 11.2 Å². The predicted octanol–water partition coefficient (Wildman–Crippen LogP) is 4.44. The second-order valence-electron chi connectivity index (χ2n) is 6.02. The zero-order valence-corrected chi connectivity index (χ0v) is 17.0. The fraction of sp³-hybridized carbons (Fsp3) is 0.100. The first-order valence-corrected chi connectivity index (χ1v) is 9.61. The summed E-state index contributed by atoms with van der Waals surface area (Å²) in [7, 11) is 1.44. The molecule has 0 aromatic heterocycles. The third-order valence-electron chi connectivity index (χ3n) is 4.15. The average molecular weight is 428 g/mol. The molecular formula is C20H16N2O5S2. The number of rotatable bonds is 6. The third-order valence-corrected chi connectivity index (χ3v) is 5.45. The second kappa shape index (κ2) is 8.46. The topological polar surface area (TPSA) is 92.9 Å². The second-order valence-corrected chi connectivity index (χ2v) is 7.69. The number of nitrogens with zero attached hydrogens (tertiary/aromatic N) is 2. The molecule has 1 N–H and O–H groups in total. The van der Waals surface area contributed by atoms with Gasteiger partial charge in [-0.3, -0.25) is 19.8 Å². The number of phenolic OH excluding ortho intramolecular Hbond substituents is 1. The van der Waals surface area contributed by atoms with Crippen LogP contribution in [0.1, 0.15) is 11.1 Å². The van der Waals surface area contributed by atoms with Crippen LogP contribution < -0.4 is 9.64 Å². The molecule has 2 aromatic carbocycles. The molecule has 0 bridgehead atoms. The molecule has 1 fully saturated rings. The largest absolute Gasteiger partial charge is 0.504 e. The van der Waals surface area contributed by atoms with Crippen molar-refractivity contribution in [3.05, 3.63) is 75.2 Å². The van der Waals surface area contributed by atoms with Gasteiger partial charge in [0.05, 0.1) is 22.6 Å². The lowest BCUT2D eigenvalue weighted by Crippen LogP contribution is -2.27. The van der Waals surface area contributed by atoms with Crippen molar-refractivity contribution in [3.63, 3.8) is 0 Å². The van der Waals surface area contributed by atoms with E-state index >= 15 is 0 Å². The quantitative estimate of drug-likeness (QED) is 0.239. The Hall–Kier alpha value is -3.17. The van der Waals surface area contributed by atoms with Gasteiger partial charge in [0.15, 0.2) is 15.8 Å². The number of carbonyl (C=O) groups is 1. The number of hydrogen-bond acceptors (Lipinski definition) is 7. The highest BCUT2D eigenvalue weighted by Gasteiger charge is 2.34. The Morgan fingerprint density at radius 3 is 2.79 bits per heavy atom. The van der Waals surface area contributed by atoms with Crippen LogP contribution in [0.25, 0.3) is 6.08 Å². The number of thioether (sulfide) groups is 1. The van der Waals surface area contributed by atoms with E-state index in [9.17, 15) is 20.0 Å². The molecule has 0 saturated carbocycles. The van der Waals surface area contributed by atoms with Gasteiger partial charge in [-0.15, -0.1) is 6.58 Å². The summed E-state index contributed by atoms with van der Waals surface area (Å²) in [6, 6.07) is 9.09. The van der Waals surface area contributed by atoms with Gasteiger partial charge in [-0.25, -0.2) is 0 Å². The van der Waals surface area contributed by atoms with Gasteiger partial charge in [0.1, 0.15) is 0 Å². The van der Waals surface area contributed by atoms with Crippen LogP contribution in [-0.4, -0.2) is 27.4 Å². The number of aromatic hydroxyl groups is 1. The molecule has 29 heavy (non-hydrogen) atoms. The van der Waals surface area contributed by atoms with Crippen LogP contribution in [0.4, 0.5) is 11.4 Å². The highest BCUT2D eigenvalue weighted by atomic mass is 32.2. The van der Waals surface area contributed by atoms with E-state index in [2.05, 4.69) is 6.58 Å². The number of thiocarbonyl (C=S) groups is 1. The fourth-order valence-electron chi connectivity index (χ4n) is 2.83. The molecule has 0 aliphatic carbocycles. The van der Waals surface area contributed by atoms with Crippen molar-refractivity contribution in [3.8, 4) is 11.5 Å². The summed E-state index contributed by atoms with van der Waals surface area (Å²) < 4.78 is 5.48. The Balaban J connectivity index is 1.98. The maximum Gasteiger partial charge on any atom is 0.271 e. The lowest BCUT2D eigenvalue weighted by molar-refractivity contribution is -0.384. The number of anilines is 1. The highest BCUT2D eigenvalue weighted by Crippen LogP contribution is 2.38. The first kappa shape index (κ1) is 20.6. The van der Waals surface area contributed by atoms with Gasteiger partial charge < -0.3 is 9.84 Å². The van der Waals surface area contributed by atoms with Gasteiger partial charge in [-0.05, 0) is 36.3 Å². The minimum atomic E-state index is -0.527. The zero-order valence-electron chi connectivity index (χ0n) is 15.3. The maximum atomic E-state index is 12.9. The summed E-state index contributed by atoms with van der Waals surface area (Å²) in [5, 5.41) is 21.2. The number of nitro groups is 1. The Kier molecular flexibility index (Phi) is 6.00.